The van der Waals surface area contributed by atoms with E-state index in [1.54, 1.807) is 14.5 Å². The van der Waals surface area contributed by atoms with Crippen LogP contribution in [0.15, 0.2) is 44.3 Å². The van der Waals surface area contributed by atoms with Crippen LogP contribution in [0.5, 0.6) is 0 Å². The first-order valence-corrected chi connectivity index (χ1v) is 10.5. The molecular formula is C19H27BrHfN. The minimum atomic E-state index is 0.375. The molecule has 0 heterocycles. The molecule has 1 aromatic rings. The van der Waals surface area contributed by atoms with Crippen molar-refractivity contribution >= 4 is 21.6 Å². The third-order valence-corrected chi connectivity index (χ3v) is 8.88. The van der Waals surface area contributed by atoms with Gasteiger partial charge in [0.25, 0.3) is 0 Å². The van der Waals surface area contributed by atoms with Crippen LogP contribution >= 0.6 is 15.9 Å². The molecule has 119 valence electrons. The summed E-state index contributed by atoms with van der Waals surface area (Å²) in [5.41, 5.74) is 7.64. The third kappa shape index (κ3) is 4.23. The standard InChI is InChI=1S/C10H15.C9H12BrN.Hf/c1-7-6-10(4,5)9(3)8(7)2;1-11(2)9-6-4-3-5-8(9)7-10;/h1-5H3;3-6H,7H2,1-2H3;. The maximum absolute atomic E-state index is 3.45. The number of benzene rings is 1. The summed E-state index contributed by atoms with van der Waals surface area (Å²) in [4.78, 5) is 2.12. The van der Waals surface area contributed by atoms with Gasteiger partial charge in [0.05, 0.1) is 0 Å². The van der Waals surface area contributed by atoms with E-state index in [1.807, 2.05) is 0 Å². The van der Waals surface area contributed by atoms with Crippen molar-refractivity contribution in [3.63, 3.8) is 0 Å². The molecule has 0 amide bonds. The zero-order valence-electron chi connectivity index (χ0n) is 14.8. The molecule has 0 aromatic heterocycles. The number of alkyl halides is 1. The van der Waals surface area contributed by atoms with Gasteiger partial charge in [0.15, 0.2) is 0 Å². The zero-order chi connectivity index (χ0) is 17.1. The number of hydrogen-bond acceptors (Lipinski definition) is 1. The van der Waals surface area contributed by atoms with E-state index in [9.17, 15) is 0 Å². The van der Waals surface area contributed by atoms with Gasteiger partial charge < -0.3 is 4.90 Å². The molecule has 0 atom stereocenters. The van der Waals surface area contributed by atoms with Crippen molar-refractivity contribution in [1.29, 1.82) is 0 Å². The number of allylic oxidation sites excluding steroid dienone is 4. The minimum Gasteiger partial charge on any atom is -0.377 e. The Kier molecular flexibility index (Phi) is 7.32. The Labute approximate surface area is 159 Å². The molecule has 0 saturated heterocycles. The Bertz CT molecular complexity index is 571. The van der Waals surface area contributed by atoms with Gasteiger partial charge in [-0.15, -0.1) is 0 Å². The predicted molar refractivity (Wildman–Crippen MR) is 98.3 cm³/mol. The van der Waals surface area contributed by atoms with E-state index in [1.165, 1.54) is 41.2 Å². The number of nitrogens with zero attached hydrogens (tertiary/aromatic N) is 1. The van der Waals surface area contributed by atoms with Gasteiger partial charge in [-0.3, -0.25) is 0 Å². The Hall–Kier alpha value is -0.150. The molecule has 22 heavy (non-hydrogen) atoms. The van der Waals surface area contributed by atoms with Crippen molar-refractivity contribution in [2.45, 2.75) is 39.9 Å². The van der Waals surface area contributed by atoms with Gasteiger partial charge in [-0.05, 0) is 11.6 Å². The van der Waals surface area contributed by atoms with Gasteiger partial charge in [-0.1, -0.05) is 34.1 Å². The Balaban J connectivity index is 0.000000220. The molecule has 0 radical (unpaired) electrons. The molecular weight excluding hydrogens is 501 g/mol. The smallest absolute Gasteiger partial charge is 0.0402 e. The van der Waals surface area contributed by atoms with Crippen molar-refractivity contribution in [2.75, 3.05) is 19.0 Å². The third-order valence-electron chi connectivity index (χ3n) is 4.68. The summed E-state index contributed by atoms with van der Waals surface area (Å²) in [5, 5.41) is 0.918. The van der Waals surface area contributed by atoms with Crippen LogP contribution in [0.25, 0.3) is 0 Å². The Morgan fingerprint density at radius 1 is 1.05 bits per heavy atom. The SMILES string of the molecule is CC1=C(C)C(C)(C)[C]([Hf])=C1C.CN(C)c1ccccc1CBr. The number of para-hydroxylation sites is 1. The topological polar surface area (TPSA) is 3.24 Å². The number of rotatable bonds is 2. The van der Waals surface area contributed by atoms with E-state index < -0.39 is 0 Å². The molecule has 1 aliphatic carbocycles. The van der Waals surface area contributed by atoms with Crippen molar-refractivity contribution in [1.82, 2.24) is 0 Å². The van der Waals surface area contributed by atoms with Gasteiger partial charge in [0.1, 0.15) is 0 Å². The summed E-state index contributed by atoms with van der Waals surface area (Å²) in [7, 11) is 4.11. The summed E-state index contributed by atoms with van der Waals surface area (Å²) in [6, 6.07) is 8.37. The van der Waals surface area contributed by atoms with Crippen molar-refractivity contribution in [3.8, 4) is 0 Å². The Morgan fingerprint density at radius 2 is 1.59 bits per heavy atom. The van der Waals surface area contributed by atoms with Gasteiger partial charge in [0, 0.05) is 25.1 Å². The van der Waals surface area contributed by atoms with Gasteiger partial charge >= 0.3 is 84.5 Å². The fourth-order valence-electron chi connectivity index (χ4n) is 2.65. The fraction of sp³-hybridized carbons (Fsp3) is 0.474. The monoisotopic (exact) mass is 528 g/mol. The number of hydrogen-bond donors (Lipinski definition) is 0. The Morgan fingerprint density at radius 3 is 1.86 bits per heavy atom. The quantitative estimate of drug-likeness (QED) is 0.346. The summed E-state index contributed by atoms with van der Waals surface area (Å²) in [5.74, 6) is 0. The molecule has 1 aromatic carbocycles. The largest absolute Gasteiger partial charge is 0.377 e. The van der Waals surface area contributed by atoms with E-state index >= 15 is 0 Å². The van der Waals surface area contributed by atoms with Crippen LogP contribution in [0.2, 0.25) is 0 Å². The summed E-state index contributed by atoms with van der Waals surface area (Å²) in [6.45, 7) is 11.5. The van der Waals surface area contributed by atoms with E-state index in [2.05, 4.69) is 93.8 Å². The average Bonchev–Trinajstić information content (AvgIpc) is 2.63. The first-order valence-electron chi connectivity index (χ1n) is 7.57. The maximum Gasteiger partial charge on any atom is 0.0402 e. The summed E-state index contributed by atoms with van der Waals surface area (Å²) in [6.07, 6.45) is 0. The molecule has 0 unspecified atom stereocenters. The number of halogens is 1. The number of anilines is 1. The van der Waals surface area contributed by atoms with Crippen LogP contribution in [0, 0.1) is 5.41 Å². The van der Waals surface area contributed by atoms with Crippen molar-refractivity contribution in [3.05, 3.63) is 49.9 Å². The molecule has 3 heteroatoms. The molecule has 0 N–H and O–H groups in total. The van der Waals surface area contributed by atoms with Crippen molar-refractivity contribution in [2.24, 2.45) is 5.41 Å². The van der Waals surface area contributed by atoms with Gasteiger partial charge in [-0.25, -0.2) is 0 Å². The van der Waals surface area contributed by atoms with Crippen LogP contribution < -0.4 is 4.90 Å². The van der Waals surface area contributed by atoms with Gasteiger partial charge in [-0.2, -0.15) is 0 Å². The van der Waals surface area contributed by atoms with Crippen molar-refractivity contribution < 1.29 is 24.4 Å². The van der Waals surface area contributed by atoms with E-state index in [0.29, 0.717) is 5.41 Å². The molecule has 0 fully saturated rings. The summed E-state index contributed by atoms with van der Waals surface area (Å²) >= 11 is 4.66. The first kappa shape index (κ1) is 19.9. The average molecular weight is 528 g/mol. The zero-order valence-corrected chi connectivity index (χ0v) is 20.0. The van der Waals surface area contributed by atoms with Crippen LogP contribution in [0.3, 0.4) is 0 Å². The molecule has 0 saturated carbocycles. The van der Waals surface area contributed by atoms with E-state index in [-0.39, 0.29) is 0 Å². The van der Waals surface area contributed by atoms with Crippen LogP contribution in [-0.2, 0) is 29.7 Å². The van der Waals surface area contributed by atoms with E-state index in [0.717, 1.165) is 5.33 Å². The molecule has 1 nitrogen and oxygen atoms in total. The second-order valence-corrected chi connectivity index (χ2v) is 8.89. The second kappa shape index (κ2) is 8.10. The van der Waals surface area contributed by atoms with Crippen LogP contribution in [0.1, 0.15) is 40.2 Å². The fourth-order valence-corrected chi connectivity index (χ4v) is 4.48. The molecule has 2 rings (SSSR count). The minimum absolute atomic E-state index is 0.375. The molecule has 1 aliphatic rings. The van der Waals surface area contributed by atoms with Crippen LogP contribution in [-0.4, -0.2) is 14.1 Å². The summed E-state index contributed by atoms with van der Waals surface area (Å²) < 4.78 is 1.67. The predicted octanol–water partition coefficient (Wildman–Crippen LogP) is 5.83. The molecule has 0 spiro atoms. The first-order chi connectivity index (χ1) is 10.1. The van der Waals surface area contributed by atoms with E-state index in [4.69, 9.17) is 0 Å². The molecule has 0 aliphatic heterocycles. The normalized spacial score (nSPS) is 16.5. The molecule has 0 bridgehead atoms. The van der Waals surface area contributed by atoms with Gasteiger partial charge in [0.2, 0.25) is 0 Å². The van der Waals surface area contributed by atoms with Crippen LogP contribution in [0.4, 0.5) is 5.69 Å². The maximum atomic E-state index is 3.45. The second-order valence-electron chi connectivity index (χ2n) is 6.53.